The molecule has 2 nitrogen and oxygen atoms in total. The van der Waals surface area contributed by atoms with Crippen LogP contribution in [0.1, 0.15) is 71.6 Å². The predicted octanol–water partition coefficient (Wildman–Crippen LogP) is 3.49. The molecule has 0 aromatic rings. The van der Waals surface area contributed by atoms with E-state index in [0.29, 0.717) is 24.6 Å². The fourth-order valence-corrected chi connectivity index (χ4v) is 4.12. The molecule has 0 radical (unpaired) electrons. The van der Waals surface area contributed by atoms with Crippen LogP contribution in [0.4, 0.5) is 0 Å². The first-order valence-electron chi connectivity index (χ1n) is 8.00. The maximum Gasteiger partial charge on any atom is 0.0584 e. The lowest BCUT2D eigenvalue weighted by molar-refractivity contribution is 0.145. The maximum atomic E-state index is 9.45. The monoisotopic (exact) mass is 253 g/mol. The summed E-state index contributed by atoms with van der Waals surface area (Å²) >= 11 is 0. The minimum absolute atomic E-state index is 0.291. The molecular weight excluding hydrogens is 222 g/mol. The van der Waals surface area contributed by atoms with Crippen molar-refractivity contribution in [2.75, 3.05) is 6.61 Å². The molecule has 1 spiro atoms. The van der Waals surface area contributed by atoms with E-state index in [1.165, 1.54) is 51.4 Å². The van der Waals surface area contributed by atoms with Gasteiger partial charge in [-0.25, -0.2) is 0 Å². The van der Waals surface area contributed by atoms with Gasteiger partial charge in [0.15, 0.2) is 0 Å². The minimum atomic E-state index is 0.291. The number of aliphatic hydroxyl groups is 1. The fraction of sp³-hybridized carbons (Fsp3) is 1.00. The molecule has 0 aromatic carbocycles. The molecule has 2 aliphatic rings. The Labute approximate surface area is 113 Å². The van der Waals surface area contributed by atoms with E-state index >= 15 is 0 Å². The second-order valence-electron chi connectivity index (χ2n) is 7.16. The smallest absolute Gasteiger partial charge is 0.0584 e. The molecule has 0 saturated heterocycles. The molecular formula is C16H31NO. The predicted molar refractivity (Wildman–Crippen MR) is 76.6 cm³/mol. The highest BCUT2D eigenvalue weighted by Gasteiger charge is 2.37. The highest BCUT2D eigenvalue weighted by molar-refractivity contribution is 4.92. The second kappa shape index (κ2) is 6.38. The lowest BCUT2D eigenvalue weighted by atomic mass is 9.71. The van der Waals surface area contributed by atoms with Crippen molar-refractivity contribution in [2.24, 2.45) is 11.3 Å². The van der Waals surface area contributed by atoms with Crippen LogP contribution in [-0.2, 0) is 0 Å². The average molecular weight is 253 g/mol. The molecule has 1 atom stereocenters. The van der Waals surface area contributed by atoms with Crippen molar-refractivity contribution in [1.29, 1.82) is 0 Å². The van der Waals surface area contributed by atoms with Gasteiger partial charge in [-0.3, -0.25) is 0 Å². The first kappa shape index (κ1) is 14.3. The Kier molecular flexibility index (Phi) is 5.08. The molecule has 0 bridgehead atoms. The Morgan fingerprint density at radius 1 is 1.11 bits per heavy atom. The first-order chi connectivity index (χ1) is 8.63. The largest absolute Gasteiger partial charge is 0.395 e. The highest BCUT2D eigenvalue weighted by Crippen LogP contribution is 2.48. The lowest BCUT2D eigenvalue weighted by Gasteiger charge is -2.39. The van der Waals surface area contributed by atoms with Crippen molar-refractivity contribution in [3.63, 3.8) is 0 Å². The Hall–Kier alpha value is -0.0800. The van der Waals surface area contributed by atoms with Crippen LogP contribution < -0.4 is 5.32 Å². The van der Waals surface area contributed by atoms with E-state index in [1.807, 2.05) is 0 Å². The van der Waals surface area contributed by atoms with Crippen molar-refractivity contribution >= 4 is 0 Å². The zero-order chi connectivity index (χ0) is 13.0. The molecule has 0 heterocycles. The number of aliphatic hydroxyl groups excluding tert-OH is 1. The summed E-state index contributed by atoms with van der Waals surface area (Å²) in [7, 11) is 0. The minimum Gasteiger partial charge on any atom is -0.395 e. The van der Waals surface area contributed by atoms with E-state index in [4.69, 9.17) is 0 Å². The quantitative estimate of drug-likeness (QED) is 0.786. The van der Waals surface area contributed by atoms with E-state index in [2.05, 4.69) is 19.2 Å². The topological polar surface area (TPSA) is 32.3 Å². The Bertz CT molecular complexity index is 235. The third-order valence-electron chi connectivity index (χ3n) is 5.16. The van der Waals surface area contributed by atoms with Gasteiger partial charge in [-0.2, -0.15) is 0 Å². The summed E-state index contributed by atoms with van der Waals surface area (Å²) in [6, 6.07) is 0.972. The van der Waals surface area contributed by atoms with Crippen molar-refractivity contribution < 1.29 is 5.11 Å². The maximum absolute atomic E-state index is 9.45. The van der Waals surface area contributed by atoms with Crippen LogP contribution in [0, 0.1) is 11.3 Å². The van der Waals surface area contributed by atoms with Gasteiger partial charge in [-0.15, -0.1) is 0 Å². The number of hydrogen-bond acceptors (Lipinski definition) is 2. The summed E-state index contributed by atoms with van der Waals surface area (Å²) < 4.78 is 0. The van der Waals surface area contributed by atoms with E-state index in [9.17, 15) is 5.11 Å². The fourth-order valence-electron chi connectivity index (χ4n) is 4.12. The van der Waals surface area contributed by atoms with Gasteiger partial charge in [0.2, 0.25) is 0 Å². The van der Waals surface area contributed by atoms with Gasteiger partial charge in [0, 0.05) is 12.1 Å². The Morgan fingerprint density at radius 2 is 1.72 bits per heavy atom. The van der Waals surface area contributed by atoms with Crippen molar-refractivity contribution in [2.45, 2.75) is 83.7 Å². The number of hydrogen-bond donors (Lipinski definition) is 2. The van der Waals surface area contributed by atoms with Crippen LogP contribution in [0.5, 0.6) is 0 Å². The van der Waals surface area contributed by atoms with Gasteiger partial charge in [0.05, 0.1) is 6.61 Å². The molecule has 2 N–H and O–H groups in total. The van der Waals surface area contributed by atoms with E-state index in [-0.39, 0.29) is 0 Å². The van der Waals surface area contributed by atoms with Crippen molar-refractivity contribution in [3.8, 4) is 0 Å². The van der Waals surface area contributed by atoms with Gasteiger partial charge in [-0.1, -0.05) is 26.7 Å². The molecule has 1 unspecified atom stereocenters. The van der Waals surface area contributed by atoms with Crippen LogP contribution in [-0.4, -0.2) is 23.8 Å². The summed E-state index contributed by atoms with van der Waals surface area (Å²) in [5.41, 5.74) is 0.727. The first-order valence-corrected chi connectivity index (χ1v) is 8.00. The number of rotatable bonds is 5. The van der Waals surface area contributed by atoms with E-state index in [1.54, 1.807) is 0 Å². The van der Waals surface area contributed by atoms with Gasteiger partial charge in [0.1, 0.15) is 0 Å². The molecule has 2 aliphatic carbocycles. The van der Waals surface area contributed by atoms with Gasteiger partial charge < -0.3 is 10.4 Å². The summed E-state index contributed by atoms with van der Waals surface area (Å²) in [4.78, 5) is 0. The highest BCUT2D eigenvalue weighted by atomic mass is 16.3. The third-order valence-corrected chi connectivity index (χ3v) is 5.16. The Morgan fingerprint density at radius 3 is 2.22 bits per heavy atom. The van der Waals surface area contributed by atoms with Crippen LogP contribution in [0.3, 0.4) is 0 Å². The second-order valence-corrected chi connectivity index (χ2v) is 7.16. The molecule has 2 heteroatoms. The molecule has 2 fully saturated rings. The molecule has 2 saturated carbocycles. The van der Waals surface area contributed by atoms with Gasteiger partial charge in [-0.05, 0) is 56.3 Å². The van der Waals surface area contributed by atoms with Crippen molar-refractivity contribution in [3.05, 3.63) is 0 Å². The molecule has 2 rings (SSSR count). The molecule has 0 amide bonds. The molecule has 0 aromatic heterocycles. The summed E-state index contributed by atoms with van der Waals surface area (Å²) in [5.74, 6) is 0.666. The summed E-state index contributed by atoms with van der Waals surface area (Å²) in [6.07, 6.45) is 12.5. The average Bonchev–Trinajstić information content (AvgIpc) is 2.79. The third kappa shape index (κ3) is 3.71. The molecule has 0 aliphatic heterocycles. The van der Waals surface area contributed by atoms with Crippen LogP contribution in [0.2, 0.25) is 0 Å². The van der Waals surface area contributed by atoms with Crippen LogP contribution in [0.15, 0.2) is 0 Å². The van der Waals surface area contributed by atoms with Crippen molar-refractivity contribution in [1.82, 2.24) is 5.32 Å². The van der Waals surface area contributed by atoms with Crippen LogP contribution >= 0.6 is 0 Å². The molecule has 18 heavy (non-hydrogen) atoms. The van der Waals surface area contributed by atoms with E-state index in [0.717, 1.165) is 11.8 Å². The SMILES string of the molecule is CC(C)CC(CO)NC1CCC2(CCCC2)CC1. The van der Waals surface area contributed by atoms with Gasteiger partial charge in [0.25, 0.3) is 0 Å². The normalized spacial score (nSPS) is 26.0. The standard InChI is InChI=1S/C16H31NO/c1-13(2)11-15(12-18)17-14-5-9-16(10-6-14)7-3-4-8-16/h13-15,17-18H,3-12H2,1-2H3. The van der Waals surface area contributed by atoms with E-state index < -0.39 is 0 Å². The Balaban J connectivity index is 1.75. The summed E-state index contributed by atoms with van der Waals surface area (Å²) in [5, 5.41) is 13.1. The molecule has 106 valence electrons. The lowest BCUT2D eigenvalue weighted by Crippen LogP contribution is -2.44. The zero-order valence-corrected chi connectivity index (χ0v) is 12.3. The summed E-state index contributed by atoms with van der Waals surface area (Å²) in [6.45, 7) is 4.76. The zero-order valence-electron chi connectivity index (χ0n) is 12.3. The van der Waals surface area contributed by atoms with Crippen LogP contribution in [0.25, 0.3) is 0 Å². The van der Waals surface area contributed by atoms with Gasteiger partial charge >= 0.3 is 0 Å². The number of nitrogens with one attached hydrogen (secondary N) is 1.